The van der Waals surface area contributed by atoms with E-state index in [9.17, 15) is 4.79 Å². The lowest BCUT2D eigenvalue weighted by atomic mass is 9.82. The molecule has 0 aliphatic heterocycles. The molecule has 0 atom stereocenters. The van der Waals surface area contributed by atoms with Crippen LogP contribution in [-0.4, -0.2) is 21.0 Å². The number of carboxylic acids is 1. The van der Waals surface area contributed by atoms with Crippen LogP contribution in [0.3, 0.4) is 0 Å². The number of hydrogen-bond donors (Lipinski definition) is 1. The molecular formula is C13H18N2O2. The second-order valence-corrected chi connectivity index (χ2v) is 5.39. The Kier molecular flexibility index (Phi) is 3.13. The van der Waals surface area contributed by atoms with Gasteiger partial charge in [-0.15, -0.1) is 0 Å². The van der Waals surface area contributed by atoms with Gasteiger partial charge in [-0.25, -0.2) is 9.97 Å². The van der Waals surface area contributed by atoms with E-state index in [0.717, 1.165) is 5.69 Å². The number of carbonyl (C=O) groups is 1. The molecule has 4 nitrogen and oxygen atoms in total. The fourth-order valence-corrected chi connectivity index (χ4v) is 2.09. The third kappa shape index (κ3) is 2.62. The van der Waals surface area contributed by atoms with Crippen molar-refractivity contribution in [1.82, 2.24) is 9.97 Å². The monoisotopic (exact) mass is 234 g/mol. The second-order valence-electron chi connectivity index (χ2n) is 5.39. The van der Waals surface area contributed by atoms with Crippen LogP contribution in [0.5, 0.6) is 0 Å². The standard InChI is InChI=1S/C13H18N2O2/c1-13(2,8-11(16)17)12-14-7-6-10(15-12)9-4-3-5-9/h6-7,9H,3-5,8H2,1-2H3,(H,16,17). The average molecular weight is 234 g/mol. The number of hydrogen-bond acceptors (Lipinski definition) is 3. The Hall–Kier alpha value is -1.45. The van der Waals surface area contributed by atoms with Crippen molar-refractivity contribution in [1.29, 1.82) is 0 Å². The lowest BCUT2D eigenvalue weighted by Crippen LogP contribution is -2.25. The maximum Gasteiger partial charge on any atom is 0.304 e. The molecule has 1 saturated carbocycles. The zero-order chi connectivity index (χ0) is 12.5. The Balaban J connectivity index is 2.22. The normalized spacial score (nSPS) is 16.6. The summed E-state index contributed by atoms with van der Waals surface area (Å²) in [5.41, 5.74) is 0.561. The molecule has 1 aliphatic rings. The summed E-state index contributed by atoms with van der Waals surface area (Å²) >= 11 is 0. The molecule has 0 radical (unpaired) electrons. The molecule has 0 spiro atoms. The number of aromatic nitrogens is 2. The Morgan fingerprint density at radius 2 is 2.24 bits per heavy atom. The number of aliphatic carboxylic acids is 1. The van der Waals surface area contributed by atoms with Gasteiger partial charge in [0.2, 0.25) is 0 Å². The summed E-state index contributed by atoms with van der Waals surface area (Å²) in [6, 6.07) is 1.95. The Morgan fingerprint density at radius 3 is 2.76 bits per heavy atom. The highest BCUT2D eigenvalue weighted by Crippen LogP contribution is 2.35. The van der Waals surface area contributed by atoms with E-state index in [1.807, 2.05) is 19.9 Å². The van der Waals surface area contributed by atoms with Gasteiger partial charge in [-0.1, -0.05) is 20.3 Å². The topological polar surface area (TPSA) is 63.1 Å². The van der Waals surface area contributed by atoms with Crippen molar-refractivity contribution in [3.05, 3.63) is 23.8 Å². The Bertz CT molecular complexity index is 425. The molecule has 1 aliphatic carbocycles. The highest BCUT2D eigenvalue weighted by Gasteiger charge is 2.29. The minimum absolute atomic E-state index is 0.0567. The minimum atomic E-state index is -0.812. The van der Waals surface area contributed by atoms with Crippen LogP contribution in [-0.2, 0) is 10.2 Å². The first-order chi connectivity index (χ1) is 7.99. The van der Waals surface area contributed by atoms with Crippen LogP contribution in [0, 0.1) is 0 Å². The minimum Gasteiger partial charge on any atom is -0.481 e. The van der Waals surface area contributed by atoms with E-state index in [0.29, 0.717) is 11.7 Å². The van der Waals surface area contributed by atoms with Crippen LogP contribution >= 0.6 is 0 Å². The number of carboxylic acid groups (broad SMARTS) is 1. The third-order valence-corrected chi connectivity index (χ3v) is 3.40. The van der Waals surface area contributed by atoms with Gasteiger partial charge in [0.1, 0.15) is 5.82 Å². The van der Waals surface area contributed by atoms with E-state index in [1.165, 1.54) is 19.3 Å². The summed E-state index contributed by atoms with van der Waals surface area (Å²) < 4.78 is 0. The van der Waals surface area contributed by atoms with Crippen molar-refractivity contribution in [3.8, 4) is 0 Å². The highest BCUT2D eigenvalue weighted by molar-refractivity contribution is 5.68. The summed E-state index contributed by atoms with van der Waals surface area (Å²) in [7, 11) is 0. The highest BCUT2D eigenvalue weighted by atomic mass is 16.4. The summed E-state index contributed by atoms with van der Waals surface area (Å²) in [6.07, 6.45) is 5.45. The smallest absolute Gasteiger partial charge is 0.304 e. The van der Waals surface area contributed by atoms with Crippen molar-refractivity contribution in [2.45, 2.75) is 50.9 Å². The van der Waals surface area contributed by atoms with E-state index in [1.54, 1.807) is 6.20 Å². The Labute approximate surface area is 101 Å². The fraction of sp³-hybridized carbons (Fsp3) is 0.615. The first kappa shape index (κ1) is 12.0. The predicted molar refractivity (Wildman–Crippen MR) is 63.9 cm³/mol. The molecule has 17 heavy (non-hydrogen) atoms. The van der Waals surface area contributed by atoms with Crippen LogP contribution in [0.25, 0.3) is 0 Å². The van der Waals surface area contributed by atoms with E-state index >= 15 is 0 Å². The molecule has 0 saturated heterocycles. The Morgan fingerprint density at radius 1 is 1.53 bits per heavy atom. The number of nitrogens with zero attached hydrogens (tertiary/aromatic N) is 2. The predicted octanol–water partition coefficient (Wildman–Crippen LogP) is 2.50. The summed E-state index contributed by atoms with van der Waals surface area (Å²) in [5.74, 6) is 0.384. The number of rotatable bonds is 4. The quantitative estimate of drug-likeness (QED) is 0.869. The van der Waals surface area contributed by atoms with Crippen LogP contribution in [0.2, 0.25) is 0 Å². The lowest BCUT2D eigenvalue weighted by molar-refractivity contribution is -0.138. The molecule has 0 amide bonds. The van der Waals surface area contributed by atoms with Crippen LogP contribution in [0.1, 0.15) is 57.0 Å². The van der Waals surface area contributed by atoms with E-state index in [-0.39, 0.29) is 6.42 Å². The molecule has 1 aromatic heterocycles. The fourth-order valence-electron chi connectivity index (χ4n) is 2.09. The van der Waals surface area contributed by atoms with Crippen LogP contribution in [0.15, 0.2) is 12.3 Å². The molecule has 2 rings (SSSR count). The molecule has 0 unspecified atom stereocenters. The van der Waals surface area contributed by atoms with Crippen LogP contribution < -0.4 is 0 Å². The van der Waals surface area contributed by atoms with Gasteiger partial charge in [-0.2, -0.15) is 0 Å². The first-order valence-electron chi connectivity index (χ1n) is 6.04. The summed E-state index contributed by atoms with van der Waals surface area (Å²) in [6.45, 7) is 3.75. The van der Waals surface area contributed by atoms with Gasteiger partial charge in [0.25, 0.3) is 0 Å². The van der Waals surface area contributed by atoms with Crippen LogP contribution in [0.4, 0.5) is 0 Å². The molecule has 1 heterocycles. The van der Waals surface area contributed by atoms with Crippen molar-refractivity contribution in [2.75, 3.05) is 0 Å². The molecule has 0 aromatic carbocycles. The largest absolute Gasteiger partial charge is 0.481 e. The van der Waals surface area contributed by atoms with Crippen molar-refractivity contribution in [2.24, 2.45) is 0 Å². The van der Waals surface area contributed by atoms with Gasteiger partial charge in [0.05, 0.1) is 6.42 Å². The van der Waals surface area contributed by atoms with Gasteiger partial charge < -0.3 is 5.11 Å². The molecule has 1 aromatic rings. The molecule has 4 heteroatoms. The average Bonchev–Trinajstić information content (AvgIpc) is 2.13. The van der Waals surface area contributed by atoms with Crippen molar-refractivity contribution in [3.63, 3.8) is 0 Å². The molecule has 92 valence electrons. The van der Waals surface area contributed by atoms with Crippen molar-refractivity contribution < 1.29 is 9.90 Å². The lowest BCUT2D eigenvalue weighted by Gasteiger charge is -2.27. The van der Waals surface area contributed by atoms with Crippen molar-refractivity contribution >= 4 is 5.97 Å². The zero-order valence-electron chi connectivity index (χ0n) is 10.3. The molecule has 1 N–H and O–H groups in total. The molecule has 1 fully saturated rings. The molecular weight excluding hydrogens is 216 g/mol. The molecule has 0 bridgehead atoms. The first-order valence-corrected chi connectivity index (χ1v) is 6.04. The summed E-state index contributed by atoms with van der Waals surface area (Å²) in [5, 5.41) is 8.89. The maximum atomic E-state index is 10.8. The zero-order valence-corrected chi connectivity index (χ0v) is 10.3. The van der Waals surface area contributed by atoms with Gasteiger partial charge >= 0.3 is 5.97 Å². The van der Waals surface area contributed by atoms with Gasteiger partial charge in [-0.3, -0.25) is 4.79 Å². The summed E-state index contributed by atoms with van der Waals surface area (Å²) in [4.78, 5) is 19.6. The van der Waals surface area contributed by atoms with Gasteiger partial charge in [0.15, 0.2) is 0 Å². The van der Waals surface area contributed by atoms with E-state index in [4.69, 9.17) is 5.11 Å². The SMILES string of the molecule is CC(C)(CC(=O)O)c1nccc(C2CCC2)n1. The van der Waals surface area contributed by atoms with E-state index < -0.39 is 11.4 Å². The van der Waals surface area contributed by atoms with Gasteiger partial charge in [0, 0.05) is 23.2 Å². The van der Waals surface area contributed by atoms with Gasteiger partial charge in [-0.05, 0) is 18.9 Å². The third-order valence-electron chi connectivity index (χ3n) is 3.40. The maximum absolute atomic E-state index is 10.8. The van der Waals surface area contributed by atoms with E-state index in [2.05, 4.69) is 9.97 Å². The second kappa shape index (κ2) is 4.43.